The number of nitrogens with zero attached hydrogens (tertiary/aromatic N) is 3. The molecule has 2 heterocycles. The van der Waals surface area contributed by atoms with Crippen LogP contribution in [0, 0.1) is 0 Å². The van der Waals surface area contributed by atoms with E-state index in [9.17, 15) is 9.59 Å². The Balaban J connectivity index is 1.56. The third kappa shape index (κ3) is 3.64. The fourth-order valence-corrected chi connectivity index (χ4v) is 3.30. The Bertz CT molecular complexity index is 644. The minimum atomic E-state index is -0.145. The number of benzene rings is 1. The zero-order valence-electron chi connectivity index (χ0n) is 14.2. The summed E-state index contributed by atoms with van der Waals surface area (Å²) in [6.45, 7) is 4.00. The first-order valence-corrected chi connectivity index (χ1v) is 8.48. The van der Waals surface area contributed by atoms with E-state index in [4.69, 9.17) is 0 Å². The molecule has 2 atom stereocenters. The van der Waals surface area contributed by atoms with Gasteiger partial charge in [-0.2, -0.15) is 5.10 Å². The summed E-state index contributed by atoms with van der Waals surface area (Å²) < 4.78 is 0. The van der Waals surface area contributed by atoms with Gasteiger partial charge in [-0.05, 0) is 18.9 Å². The predicted molar refractivity (Wildman–Crippen MR) is 92.4 cm³/mol. The third-order valence-corrected chi connectivity index (χ3v) is 4.85. The van der Waals surface area contributed by atoms with Crippen LogP contribution in [0.2, 0.25) is 0 Å². The molecule has 6 nitrogen and oxygen atoms in total. The van der Waals surface area contributed by atoms with Crippen LogP contribution in [0.3, 0.4) is 0 Å². The van der Waals surface area contributed by atoms with Crippen molar-refractivity contribution in [2.24, 2.45) is 5.10 Å². The molecular formula is C18H24N4O2. The molecule has 2 aliphatic rings. The number of hydrogen-bond acceptors (Lipinski definition) is 4. The molecule has 1 aromatic carbocycles. The average Bonchev–Trinajstić information content (AvgIpc) is 3.06. The molecule has 6 heteroatoms. The van der Waals surface area contributed by atoms with Crippen molar-refractivity contribution in [3.05, 3.63) is 35.9 Å². The van der Waals surface area contributed by atoms with Crippen molar-refractivity contribution in [2.75, 3.05) is 20.1 Å². The highest BCUT2D eigenvalue weighted by Gasteiger charge is 2.29. The van der Waals surface area contributed by atoms with E-state index in [1.807, 2.05) is 6.07 Å². The Morgan fingerprint density at radius 2 is 2.04 bits per heavy atom. The van der Waals surface area contributed by atoms with Crippen LogP contribution in [0.15, 0.2) is 35.4 Å². The topological polar surface area (TPSA) is 65.0 Å². The van der Waals surface area contributed by atoms with Crippen molar-refractivity contribution in [2.45, 2.75) is 38.3 Å². The normalized spacial score (nSPS) is 23.1. The van der Waals surface area contributed by atoms with Crippen LogP contribution in [0.25, 0.3) is 0 Å². The summed E-state index contributed by atoms with van der Waals surface area (Å²) in [4.78, 5) is 26.2. The van der Waals surface area contributed by atoms with E-state index in [-0.39, 0.29) is 17.9 Å². The predicted octanol–water partition coefficient (Wildman–Crippen LogP) is 1.55. The van der Waals surface area contributed by atoms with Crippen molar-refractivity contribution in [3.63, 3.8) is 0 Å². The van der Waals surface area contributed by atoms with Gasteiger partial charge in [-0.15, -0.1) is 0 Å². The monoisotopic (exact) mass is 328 g/mol. The van der Waals surface area contributed by atoms with Gasteiger partial charge in [0.1, 0.15) is 5.71 Å². The highest BCUT2D eigenvalue weighted by Crippen LogP contribution is 2.24. The second-order valence-corrected chi connectivity index (χ2v) is 6.50. The molecule has 2 aliphatic heterocycles. The first-order chi connectivity index (χ1) is 11.5. The lowest BCUT2D eigenvalue weighted by Gasteiger charge is -2.25. The van der Waals surface area contributed by atoms with Gasteiger partial charge < -0.3 is 5.32 Å². The van der Waals surface area contributed by atoms with Crippen molar-refractivity contribution in [3.8, 4) is 0 Å². The van der Waals surface area contributed by atoms with Gasteiger partial charge in [0.2, 0.25) is 5.91 Å². The average molecular weight is 328 g/mol. The standard InChI is InChI=1S/C18H24N4O2/c1-13(14-6-4-3-5-7-14)22-11-10-15(12-22)19-18(24)16-8-9-17(23)21(2)20-16/h3-7,13,15H,8-12H2,1-2H3,(H,19,24)/t13-,15+/m1/s1. The van der Waals surface area contributed by atoms with E-state index in [1.165, 1.54) is 10.6 Å². The number of carbonyl (C=O) groups excluding carboxylic acids is 2. The van der Waals surface area contributed by atoms with E-state index >= 15 is 0 Å². The summed E-state index contributed by atoms with van der Waals surface area (Å²) in [5.74, 6) is -0.191. The molecule has 1 aromatic rings. The van der Waals surface area contributed by atoms with Gasteiger partial charge in [0.05, 0.1) is 0 Å². The largest absolute Gasteiger partial charge is 0.347 e. The molecule has 2 amide bonds. The van der Waals surface area contributed by atoms with Crippen LogP contribution in [-0.4, -0.2) is 53.6 Å². The first kappa shape index (κ1) is 16.6. The van der Waals surface area contributed by atoms with Gasteiger partial charge in [0.25, 0.3) is 5.91 Å². The maximum Gasteiger partial charge on any atom is 0.267 e. The zero-order valence-corrected chi connectivity index (χ0v) is 14.2. The molecule has 24 heavy (non-hydrogen) atoms. The fourth-order valence-electron chi connectivity index (χ4n) is 3.30. The Hall–Kier alpha value is -2.21. The van der Waals surface area contributed by atoms with Crippen LogP contribution in [0.4, 0.5) is 0 Å². The number of likely N-dealkylation sites (tertiary alicyclic amines) is 1. The van der Waals surface area contributed by atoms with Gasteiger partial charge in [-0.3, -0.25) is 14.5 Å². The van der Waals surface area contributed by atoms with Crippen molar-refractivity contribution >= 4 is 17.5 Å². The van der Waals surface area contributed by atoms with Gasteiger partial charge in [0, 0.05) is 45.1 Å². The zero-order chi connectivity index (χ0) is 17.1. The molecule has 1 N–H and O–H groups in total. The summed E-state index contributed by atoms with van der Waals surface area (Å²) >= 11 is 0. The summed E-state index contributed by atoms with van der Waals surface area (Å²) in [5, 5.41) is 8.41. The van der Waals surface area contributed by atoms with Gasteiger partial charge in [-0.1, -0.05) is 30.3 Å². The van der Waals surface area contributed by atoms with Gasteiger partial charge in [0.15, 0.2) is 0 Å². The lowest BCUT2D eigenvalue weighted by molar-refractivity contribution is -0.130. The van der Waals surface area contributed by atoms with Gasteiger partial charge in [-0.25, -0.2) is 5.01 Å². The molecule has 0 aliphatic carbocycles. The second-order valence-electron chi connectivity index (χ2n) is 6.50. The van der Waals surface area contributed by atoms with Crippen molar-refractivity contribution < 1.29 is 9.59 Å². The van der Waals surface area contributed by atoms with E-state index in [0.717, 1.165) is 19.5 Å². The Kier molecular flexibility index (Phi) is 4.94. The lowest BCUT2D eigenvalue weighted by Crippen LogP contribution is -2.43. The second kappa shape index (κ2) is 7.13. The Labute approximate surface area is 142 Å². The first-order valence-electron chi connectivity index (χ1n) is 8.48. The quantitative estimate of drug-likeness (QED) is 0.912. The SMILES string of the molecule is C[C@H](c1ccccc1)N1CC[C@H](NC(=O)C2=NN(C)C(=O)CC2)C1. The Morgan fingerprint density at radius 1 is 1.29 bits per heavy atom. The van der Waals surface area contributed by atoms with Crippen LogP contribution in [0.5, 0.6) is 0 Å². The van der Waals surface area contributed by atoms with E-state index in [2.05, 4.69) is 46.5 Å². The summed E-state index contributed by atoms with van der Waals surface area (Å²) in [6, 6.07) is 10.9. The summed E-state index contributed by atoms with van der Waals surface area (Å²) in [6.07, 6.45) is 1.71. The Morgan fingerprint density at radius 3 is 2.75 bits per heavy atom. The molecule has 0 radical (unpaired) electrons. The maximum absolute atomic E-state index is 12.4. The van der Waals surface area contributed by atoms with Gasteiger partial charge >= 0.3 is 0 Å². The molecule has 128 valence electrons. The number of amides is 2. The molecule has 3 rings (SSSR count). The van der Waals surface area contributed by atoms with Crippen LogP contribution in [0.1, 0.15) is 37.8 Å². The smallest absolute Gasteiger partial charge is 0.267 e. The van der Waals surface area contributed by atoms with E-state index in [0.29, 0.717) is 24.6 Å². The summed E-state index contributed by atoms with van der Waals surface area (Å²) in [7, 11) is 1.59. The molecule has 1 fully saturated rings. The molecule has 0 saturated carbocycles. The highest BCUT2D eigenvalue weighted by molar-refractivity contribution is 6.39. The van der Waals surface area contributed by atoms with E-state index in [1.54, 1.807) is 7.05 Å². The third-order valence-electron chi connectivity index (χ3n) is 4.85. The molecular weight excluding hydrogens is 304 g/mol. The number of hydrazone groups is 1. The fraction of sp³-hybridized carbons (Fsp3) is 0.500. The molecule has 0 bridgehead atoms. The van der Waals surface area contributed by atoms with Crippen molar-refractivity contribution in [1.29, 1.82) is 0 Å². The highest BCUT2D eigenvalue weighted by atomic mass is 16.2. The molecule has 0 unspecified atom stereocenters. The van der Waals surface area contributed by atoms with Crippen molar-refractivity contribution in [1.82, 2.24) is 15.2 Å². The molecule has 0 aromatic heterocycles. The number of hydrogen-bond donors (Lipinski definition) is 1. The van der Waals surface area contributed by atoms with E-state index < -0.39 is 0 Å². The summed E-state index contributed by atoms with van der Waals surface area (Å²) in [5.41, 5.74) is 1.74. The van der Waals surface area contributed by atoms with Crippen LogP contribution < -0.4 is 5.32 Å². The number of carbonyl (C=O) groups is 2. The maximum atomic E-state index is 12.4. The van der Waals surface area contributed by atoms with Crippen LogP contribution in [-0.2, 0) is 9.59 Å². The number of nitrogens with one attached hydrogen (secondary N) is 1. The minimum Gasteiger partial charge on any atom is -0.347 e. The minimum absolute atomic E-state index is 0.0460. The molecule has 1 saturated heterocycles. The number of rotatable bonds is 4. The molecule has 0 spiro atoms. The van der Waals surface area contributed by atoms with Crippen LogP contribution >= 0.6 is 0 Å². The lowest BCUT2D eigenvalue weighted by atomic mass is 10.1.